The Morgan fingerprint density at radius 1 is 1.18 bits per heavy atom. The molecule has 0 saturated heterocycles. The van der Waals surface area contributed by atoms with Gasteiger partial charge in [-0.2, -0.15) is 0 Å². The first-order chi connectivity index (χ1) is 8.04. The van der Waals surface area contributed by atoms with Crippen LogP contribution in [0.3, 0.4) is 0 Å². The average molecular weight is 239 g/mol. The largest absolute Gasteiger partial charge is 0.478 e. The maximum Gasteiger partial charge on any atom is 0.356 e. The molecule has 0 aliphatic heterocycles. The topological polar surface area (TPSA) is 110 Å². The van der Waals surface area contributed by atoms with E-state index < -0.39 is 18.0 Å². The summed E-state index contributed by atoms with van der Waals surface area (Å²) >= 11 is 0. The van der Waals surface area contributed by atoms with Gasteiger partial charge in [0.25, 0.3) is 6.10 Å². The molecule has 17 heavy (non-hydrogen) atoms. The van der Waals surface area contributed by atoms with E-state index >= 15 is 0 Å². The minimum Gasteiger partial charge on any atom is -0.478 e. The maximum absolute atomic E-state index is 10.6. The van der Waals surface area contributed by atoms with Crippen LogP contribution in [0.1, 0.15) is 5.56 Å². The van der Waals surface area contributed by atoms with E-state index in [1.54, 1.807) is 12.1 Å². The van der Waals surface area contributed by atoms with Gasteiger partial charge in [-0.15, -0.1) is 0 Å². The highest BCUT2D eigenvalue weighted by Gasteiger charge is 2.27. The third kappa shape index (κ3) is 3.76. The molecule has 6 nitrogen and oxygen atoms in total. The third-order valence-corrected chi connectivity index (χ3v) is 2.06. The number of ether oxygens (including phenoxy) is 1. The molecule has 0 unspecified atom stereocenters. The minimum absolute atomic E-state index is 0.195. The van der Waals surface area contributed by atoms with Crippen molar-refractivity contribution in [1.29, 1.82) is 0 Å². The molecular formula is C11H13NO5. The molecule has 0 bridgehead atoms. The van der Waals surface area contributed by atoms with Crippen molar-refractivity contribution in [3.63, 3.8) is 0 Å². The number of rotatable bonds is 6. The van der Waals surface area contributed by atoms with Crippen molar-refractivity contribution in [2.75, 3.05) is 6.54 Å². The summed E-state index contributed by atoms with van der Waals surface area (Å²) in [6.45, 7) is 0.507. The van der Waals surface area contributed by atoms with Gasteiger partial charge in [0, 0.05) is 0 Å². The number of hydrogen-bond donors (Lipinski definition) is 3. The Morgan fingerprint density at radius 3 is 2.12 bits per heavy atom. The lowest BCUT2D eigenvalue weighted by Crippen LogP contribution is -2.35. The minimum atomic E-state index is -1.89. The summed E-state index contributed by atoms with van der Waals surface area (Å²) in [4.78, 5) is 21.2. The number of carboxylic acids is 2. The maximum atomic E-state index is 10.6. The normalized spacial score (nSPS) is 10.2. The second-order valence-corrected chi connectivity index (χ2v) is 3.36. The van der Waals surface area contributed by atoms with E-state index in [0.29, 0.717) is 13.0 Å². The Kier molecular flexibility index (Phi) is 4.47. The predicted molar refractivity (Wildman–Crippen MR) is 58.9 cm³/mol. The third-order valence-electron chi connectivity index (χ3n) is 2.06. The van der Waals surface area contributed by atoms with Crippen molar-refractivity contribution in [2.45, 2.75) is 12.5 Å². The second kappa shape index (κ2) is 5.86. The average Bonchev–Trinajstić information content (AvgIpc) is 2.27. The molecule has 1 aromatic rings. The molecule has 0 radical (unpaired) electrons. The van der Waals surface area contributed by atoms with E-state index in [9.17, 15) is 9.59 Å². The summed E-state index contributed by atoms with van der Waals surface area (Å²) in [7, 11) is 0. The summed E-state index contributed by atoms with van der Waals surface area (Å²) in [5, 5.41) is 17.2. The molecule has 0 aliphatic rings. The fourth-order valence-corrected chi connectivity index (χ4v) is 1.24. The van der Waals surface area contributed by atoms with E-state index in [-0.39, 0.29) is 5.75 Å². The molecule has 1 rings (SSSR count). The van der Waals surface area contributed by atoms with Crippen LogP contribution in [-0.2, 0) is 16.0 Å². The van der Waals surface area contributed by atoms with Gasteiger partial charge in [-0.1, -0.05) is 12.1 Å². The molecular weight excluding hydrogens is 226 g/mol. The molecule has 0 aromatic heterocycles. The number of benzene rings is 1. The summed E-state index contributed by atoms with van der Waals surface area (Å²) in [6, 6.07) is 6.46. The van der Waals surface area contributed by atoms with Crippen LogP contribution < -0.4 is 10.5 Å². The number of aliphatic carboxylic acids is 2. The van der Waals surface area contributed by atoms with Gasteiger partial charge in [0.1, 0.15) is 5.75 Å². The lowest BCUT2D eigenvalue weighted by atomic mass is 10.1. The number of nitrogens with two attached hydrogens (primary N) is 1. The molecule has 4 N–H and O–H groups in total. The molecule has 0 saturated carbocycles. The van der Waals surface area contributed by atoms with Crippen molar-refractivity contribution in [3.05, 3.63) is 29.8 Å². The molecule has 0 atom stereocenters. The highest BCUT2D eigenvalue weighted by atomic mass is 16.5. The van der Waals surface area contributed by atoms with Crippen molar-refractivity contribution >= 4 is 11.9 Å². The second-order valence-electron chi connectivity index (χ2n) is 3.36. The van der Waals surface area contributed by atoms with Crippen molar-refractivity contribution in [3.8, 4) is 5.75 Å². The zero-order valence-corrected chi connectivity index (χ0v) is 9.00. The van der Waals surface area contributed by atoms with Crippen LogP contribution in [0.5, 0.6) is 5.75 Å². The van der Waals surface area contributed by atoms with E-state index in [1.165, 1.54) is 12.1 Å². The van der Waals surface area contributed by atoms with Crippen LogP contribution in [0.2, 0.25) is 0 Å². The summed E-state index contributed by atoms with van der Waals surface area (Å²) in [5.41, 5.74) is 6.35. The summed E-state index contributed by atoms with van der Waals surface area (Å²) in [6.07, 6.45) is -1.20. The van der Waals surface area contributed by atoms with E-state index in [0.717, 1.165) is 5.56 Å². The van der Waals surface area contributed by atoms with Crippen LogP contribution in [0.15, 0.2) is 24.3 Å². The Bertz CT molecular complexity index is 387. The predicted octanol–water partition coefficient (Wildman–Crippen LogP) is 0.104. The van der Waals surface area contributed by atoms with Gasteiger partial charge in [-0.3, -0.25) is 0 Å². The zero-order valence-electron chi connectivity index (χ0n) is 9.00. The zero-order chi connectivity index (χ0) is 12.8. The first kappa shape index (κ1) is 13.0. The van der Waals surface area contributed by atoms with E-state index in [1.807, 2.05) is 0 Å². The molecule has 0 heterocycles. The number of carbonyl (C=O) groups is 2. The van der Waals surface area contributed by atoms with Crippen LogP contribution in [0, 0.1) is 0 Å². The van der Waals surface area contributed by atoms with Gasteiger partial charge in [0.15, 0.2) is 0 Å². The van der Waals surface area contributed by atoms with Gasteiger partial charge < -0.3 is 20.7 Å². The van der Waals surface area contributed by atoms with Crippen molar-refractivity contribution in [2.24, 2.45) is 5.73 Å². The molecule has 0 fully saturated rings. The van der Waals surface area contributed by atoms with Gasteiger partial charge in [0.05, 0.1) is 0 Å². The summed E-state index contributed by atoms with van der Waals surface area (Å²) < 4.78 is 4.84. The molecule has 0 aliphatic carbocycles. The highest BCUT2D eigenvalue weighted by molar-refractivity contribution is 5.96. The van der Waals surface area contributed by atoms with Gasteiger partial charge >= 0.3 is 11.9 Å². The van der Waals surface area contributed by atoms with Crippen LogP contribution in [0.4, 0.5) is 0 Å². The van der Waals surface area contributed by atoms with Crippen molar-refractivity contribution in [1.82, 2.24) is 0 Å². The molecule has 6 heteroatoms. The standard InChI is InChI=1S/C11H13NO5/c12-6-5-7-1-3-8(4-2-7)17-9(10(13)14)11(15)16/h1-4,9H,5-6,12H2,(H,13,14)(H,15,16). The quantitative estimate of drug-likeness (QED) is 0.607. The van der Waals surface area contributed by atoms with E-state index in [4.69, 9.17) is 20.7 Å². The van der Waals surface area contributed by atoms with E-state index in [2.05, 4.69) is 0 Å². The number of carboxylic acid groups (broad SMARTS) is 2. The molecule has 0 amide bonds. The Labute approximate surface area is 97.6 Å². The lowest BCUT2D eigenvalue weighted by Gasteiger charge is -2.11. The SMILES string of the molecule is NCCc1ccc(OC(C(=O)O)C(=O)O)cc1. The number of hydrogen-bond acceptors (Lipinski definition) is 4. The fourth-order valence-electron chi connectivity index (χ4n) is 1.24. The molecule has 92 valence electrons. The van der Waals surface area contributed by atoms with Crippen molar-refractivity contribution < 1.29 is 24.5 Å². The van der Waals surface area contributed by atoms with Crippen LogP contribution >= 0.6 is 0 Å². The fraction of sp³-hybridized carbons (Fsp3) is 0.273. The van der Waals surface area contributed by atoms with Gasteiger partial charge in [-0.05, 0) is 30.7 Å². The first-order valence-corrected chi connectivity index (χ1v) is 4.96. The smallest absolute Gasteiger partial charge is 0.356 e. The molecule has 0 spiro atoms. The van der Waals surface area contributed by atoms with Gasteiger partial charge in [0.2, 0.25) is 0 Å². The highest BCUT2D eigenvalue weighted by Crippen LogP contribution is 2.14. The Hall–Kier alpha value is -2.08. The first-order valence-electron chi connectivity index (χ1n) is 4.96. The van der Waals surface area contributed by atoms with Crippen LogP contribution in [0.25, 0.3) is 0 Å². The Balaban J connectivity index is 2.73. The van der Waals surface area contributed by atoms with Crippen LogP contribution in [-0.4, -0.2) is 34.8 Å². The summed E-state index contributed by atoms with van der Waals surface area (Å²) in [5.74, 6) is -2.88. The lowest BCUT2D eigenvalue weighted by molar-refractivity contribution is -0.159. The Morgan fingerprint density at radius 2 is 1.71 bits per heavy atom. The molecule has 1 aromatic carbocycles. The van der Waals surface area contributed by atoms with Gasteiger partial charge in [-0.25, -0.2) is 9.59 Å². The monoisotopic (exact) mass is 239 g/mol.